The number of nitrogens with one attached hydrogen (secondary N) is 1. The predicted octanol–water partition coefficient (Wildman–Crippen LogP) is 4.47. The molecule has 30 heavy (non-hydrogen) atoms. The van der Waals surface area contributed by atoms with Gasteiger partial charge in [0, 0.05) is 18.2 Å². The van der Waals surface area contributed by atoms with Gasteiger partial charge in [0.15, 0.2) is 5.82 Å². The zero-order valence-electron chi connectivity index (χ0n) is 16.5. The number of hydrogen-bond donors (Lipinski definition) is 1. The van der Waals surface area contributed by atoms with Gasteiger partial charge in [0.2, 0.25) is 6.10 Å². The molecule has 1 aromatic heterocycles. The lowest BCUT2D eigenvalue weighted by Gasteiger charge is -2.08. The van der Waals surface area contributed by atoms with Gasteiger partial charge in [-0.25, -0.2) is 4.39 Å². The van der Waals surface area contributed by atoms with E-state index >= 15 is 0 Å². The summed E-state index contributed by atoms with van der Waals surface area (Å²) in [5, 5.41) is 11.3. The lowest BCUT2D eigenvalue weighted by Crippen LogP contribution is -2.28. The van der Waals surface area contributed by atoms with E-state index in [1.807, 2.05) is 36.7 Å². The molecule has 2 aromatic carbocycles. The summed E-state index contributed by atoms with van der Waals surface area (Å²) < 4.78 is 15.9. The number of amides is 1. The number of rotatable bonds is 5. The zero-order valence-corrected chi connectivity index (χ0v) is 17.3. The molecule has 1 aliphatic rings. The molecule has 2 heterocycles. The molecule has 0 aliphatic carbocycles. The summed E-state index contributed by atoms with van der Waals surface area (Å²) in [6.07, 6.45) is -0.756. The van der Waals surface area contributed by atoms with E-state index in [1.165, 1.54) is 17.7 Å². The lowest BCUT2D eigenvalue weighted by atomic mass is 10.0. The Morgan fingerprint density at radius 2 is 2.07 bits per heavy atom. The summed E-state index contributed by atoms with van der Waals surface area (Å²) in [7, 11) is 0. The zero-order chi connectivity index (χ0) is 21.3. The van der Waals surface area contributed by atoms with E-state index < -0.39 is 17.8 Å². The van der Waals surface area contributed by atoms with Crippen molar-refractivity contribution in [1.82, 2.24) is 9.78 Å². The number of hydrogen-bond acceptors (Lipinski definition) is 4. The predicted molar refractivity (Wildman–Crippen MR) is 113 cm³/mol. The fraction of sp³-hybridized carbons (Fsp3) is 0.227. The monoisotopic (exact) mass is 426 g/mol. The van der Waals surface area contributed by atoms with Crippen LogP contribution in [0.2, 0.25) is 5.02 Å². The maximum atomic E-state index is 14.1. The first-order chi connectivity index (χ1) is 14.4. The van der Waals surface area contributed by atoms with E-state index in [0.717, 1.165) is 11.3 Å². The van der Waals surface area contributed by atoms with Crippen LogP contribution in [-0.2, 0) is 16.2 Å². The number of aryl methyl sites for hydroxylation is 2. The third-order valence-corrected chi connectivity index (χ3v) is 5.17. The summed E-state index contributed by atoms with van der Waals surface area (Å²) >= 11 is 6.07. The summed E-state index contributed by atoms with van der Waals surface area (Å²) in [6, 6.07) is 14.3. The second-order valence-electron chi connectivity index (χ2n) is 7.24. The largest absolute Gasteiger partial charge is 0.382 e. The van der Waals surface area contributed by atoms with Crippen LogP contribution >= 0.6 is 11.6 Å². The summed E-state index contributed by atoms with van der Waals surface area (Å²) in [4.78, 5) is 17.8. The highest BCUT2D eigenvalue weighted by Gasteiger charge is 2.31. The maximum absolute atomic E-state index is 14.1. The van der Waals surface area contributed by atoms with Gasteiger partial charge in [-0.05, 0) is 31.5 Å². The molecule has 1 N–H and O–H groups in total. The second kappa shape index (κ2) is 8.28. The number of halogens is 2. The molecule has 4 rings (SSSR count). The molecule has 8 heteroatoms. The van der Waals surface area contributed by atoms with Crippen LogP contribution in [0.1, 0.15) is 28.8 Å². The first-order valence-corrected chi connectivity index (χ1v) is 9.86. The van der Waals surface area contributed by atoms with Crippen molar-refractivity contribution in [1.29, 1.82) is 0 Å². The molecule has 154 valence electrons. The summed E-state index contributed by atoms with van der Waals surface area (Å²) in [6.45, 7) is 4.56. The van der Waals surface area contributed by atoms with Crippen LogP contribution in [0.5, 0.6) is 0 Å². The number of anilines is 1. The topological polar surface area (TPSA) is 68.5 Å². The molecule has 0 saturated carbocycles. The van der Waals surface area contributed by atoms with Crippen LogP contribution in [0.15, 0.2) is 53.7 Å². The molecule has 0 bridgehead atoms. The van der Waals surface area contributed by atoms with Gasteiger partial charge in [0.1, 0.15) is 5.82 Å². The third-order valence-electron chi connectivity index (χ3n) is 4.86. The smallest absolute Gasteiger partial charge is 0.269 e. The standard InChI is InChI=1S/C22H20ClFN4O2/c1-13-5-3-6-15(9-13)12-28-14(2)10-20(26-28)25-22(29)19-11-18(27-30-19)21-16(23)7-4-8-17(21)24/h3-10,19H,11-12H2,1-2H3,(H,25,26,29). The number of oxime groups is 1. The molecule has 0 saturated heterocycles. The molecule has 0 spiro atoms. The van der Waals surface area contributed by atoms with Crippen LogP contribution in [-0.4, -0.2) is 27.5 Å². The van der Waals surface area contributed by atoms with Crippen molar-refractivity contribution in [2.24, 2.45) is 5.16 Å². The van der Waals surface area contributed by atoms with Crippen molar-refractivity contribution < 1.29 is 14.0 Å². The Kier molecular flexibility index (Phi) is 5.55. The Morgan fingerprint density at radius 1 is 1.27 bits per heavy atom. The minimum atomic E-state index is -0.877. The van der Waals surface area contributed by atoms with Gasteiger partial charge in [-0.2, -0.15) is 5.10 Å². The van der Waals surface area contributed by atoms with E-state index in [4.69, 9.17) is 16.4 Å². The number of aromatic nitrogens is 2. The quantitative estimate of drug-likeness (QED) is 0.654. The number of carbonyl (C=O) groups is 1. The minimum absolute atomic E-state index is 0.121. The summed E-state index contributed by atoms with van der Waals surface area (Å²) in [5.41, 5.74) is 3.68. The Bertz CT molecular complexity index is 1120. The van der Waals surface area contributed by atoms with E-state index in [-0.39, 0.29) is 17.0 Å². The van der Waals surface area contributed by atoms with Crippen molar-refractivity contribution in [3.05, 3.63) is 81.8 Å². The molecule has 1 aliphatic heterocycles. The Balaban J connectivity index is 1.42. The van der Waals surface area contributed by atoms with Crippen LogP contribution in [0.4, 0.5) is 10.2 Å². The fourth-order valence-corrected chi connectivity index (χ4v) is 3.63. The molecule has 3 aromatic rings. The lowest BCUT2D eigenvalue weighted by molar-refractivity contribution is -0.125. The van der Waals surface area contributed by atoms with E-state index in [1.54, 1.807) is 12.1 Å². The van der Waals surface area contributed by atoms with Crippen LogP contribution in [0.25, 0.3) is 0 Å². The van der Waals surface area contributed by atoms with E-state index in [2.05, 4.69) is 21.6 Å². The first kappa shape index (κ1) is 20.1. The number of benzene rings is 2. The highest BCUT2D eigenvalue weighted by molar-refractivity contribution is 6.34. The van der Waals surface area contributed by atoms with E-state index in [0.29, 0.717) is 18.1 Å². The van der Waals surface area contributed by atoms with E-state index in [9.17, 15) is 9.18 Å². The van der Waals surface area contributed by atoms with Crippen molar-refractivity contribution in [3.63, 3.8) is 0 Å². The van der Waals surface area contributed by atoms with Gasteiger partial charge in [0.25, 0.3) is 5.91 Å². The van der Waals surface area contributed by atoms with Crippen LogP contribution in [0, 0.1) is 19.7 Å². The fourth-order valence-electron chi connectivity index (χ4n) is 3.36. The van der Waals surface area contributed by atoms with Crippen LogP contribution < -0.4 is 5.32 Å². The van der Waals surface area contributed by atoms with Gasteiger partial charge < -0.3 is 10.2 Å². The SMILES string of the molecule is Cc1cccc(Cn2nc(NC(=O)C3CC(c4c(F)cccc4Cl)=NO3)cc2C)c1. The molecule has 1 unspecified atom stereocenters. The van der Waals surface area contributed by atoms with Gasteiger partial charge in [-0.3, -0.25) is 9.48 Å². The van der Waals surface area contributed by atoms with Gasteiger partial charge in [0.05, 0.1) is 22.8 Å². The molecule has 6 nitrogen and oxygen atoms in total. The van der Waals surface area contributed by atoms with Crippen molar-refractivity contribution in [3.8, 4) is 0 Å². The number of carbonyl (C=O) groups excluding carboxylic acids is 1. The summed E-state index contributed by atoms with van der Waals surface area (Å²) in [5.74, 6) is -0.482. The van der Waals surface area contributed by atoms with Gasteiger partial charge in [-0.15, -0.1) is 0 Å². The van der Waals surface area contributed by atoms with Gasteiger partial charge >= 0.3 is 0 Å². The first-order valence-electron chi connectivity index (χ1n) is 9.48. The molecule has 1 atom stereocenters. The van der Waals surface area contributed by atoms with Crippen molar-refractivity contribution >= 4 is 29.0 Å². The van der Waals surface area contributed by atoms with Crippen LogP contribution in [0.3, 0.4) is 0 Å². The Morgan fingerprint density at radius 3 is 2.83 bits per heavy atom. The highest BCUT2D eigenvalue weighted by atomic mass is 35.5. The van der Waals surface area contributed by atoms with Gasteiger partial charge in [-0.1, -0.05) is 52.7 Å². The normalized spacial score (nSPS) is 15.6. The average molecular weight is 427 g/mol. The van der Waals surface area contributed by atoms with Crippen molar-refractivity contribution in [2.75, 3.05) is 5.32 Å². The minimum Gasteiger partial charge on any atom is -0.382 e. The maximum Gasteiger partial charge on any atom is 0.269 e. The molecule has 0 radical (unpaired) electrons. The molecule has 0 fully saturated rings. The van der Waals surface area contributed by atoms with Crippen molar-refractivity contribution in [2.45, 2.75) is 32.9 Å². The molecular weight excluding hydrogens is 407 g/mol. The number of nitrogens with zero attached hydrogens (tertiary/aromatic N) is 3. The molecule has 1 amide bonds. The Labute approximate surface area is 178 Å². The Hall–Kier alpha value is -3.19. The molecular formula is C22H20ClFN4O2. The highest BCUT2D eigenvalue weighted by Crippen LogP contribution is 2.26. The second-order valence-corrected chi connectivity index (χ2v) is 7.65. The third kappa shape index (κ3) is 4.21. The average Bonchev–Trinajstić information content (AvgIpc) is 3.29.